The average molecular weight is 490 g/mol. The van der Waals surface area contributed by atoms with Gasteiger partial charge in [0.05, 0.1) is 16.3 Å². The highest BCUT2D eigenvalue weighted by Crippen LogP contribution is 2.33. The van der Waals surface area contributed by atoms with Crippen LogP contribution in [0.5, 0.6) is 0 Å². The zero-order chi connectivity index (χ0) is 22.3. The second-order valence-electron chi connectivity index (χ2n) is 6.52. The van der Waals surface area contributed by atoms with Gasteiger partial charge in [0, 0.05) is 15.8 Å². The molecular formula is C22H16BrN7O2. The summed E-state index contributed by atoms with van der Waals surface area (Å²) in [6.45, 7) is 0. The van der Waals surface area contributed by atoms with E-state index in [-0.39, 0.29) is 17.3 Å². The molecule has 0 aliphatic heterocycles. The Morgan fingerprint density at radius 2 is 1.25 bits per heavy atom. The molecule has 0 unspecified atom stereocenters. The van der Waals surface area contributed by atoms with Gasteiger partial charge in [-0.1, -0.05) is 34.1 Å². The third-order valence-corrected chi connectivity index (χ3v) is 4.81. The predicted octanol–water partition coefficient (Wildman–Crippen LogP) is 7.05. The number of anilines is 4. The lowest BCUT2D eigenvalue weighted by molar-refractivity contribution is -0.383. The van der Waals surface area contributed by atoms with Crippen molar-refractivity contribution >= 4 is 56.0 Å². The molecule has 0 saturated carbocycles. The maximum Gasteiger partial charge on any atom is 0.353 e. The van der Waals surface area contributed by atoms with Crippen molar-refractivity contribution in [3.63, 3.8) is 0 Å². The maximum absolute atomic E-state index is 11.8. The van der Waals surface area contributed by atoms with E-state index in [0.717, 1.165) is 10.2 Å². The van der Waals surface area contributed by atoms with Gasteiger partial charge in [-0.2, -0.15) is 10.2 Å². The molecule has 4 aromatic rings. The molecule has 0 bridgehead atoms. The van der Waals surface area contributed by atoms with Gasteiger partial charge in [-0.15, -0.1) is 0 Å². The summed E-state index contributed by atoms with van der Waals surface area (Å²) in [7, 11) is 0. The number of aromatic nitrogens is 2. The summed E-state index contributed by atoms with van der Waals surface area (Å²) in [6.07, 6.45) is 1.26. The van der Waals surface area contributed by atoms with Gasteiger partial charge < -0.3 is 10.6 Å². The SMILES string of the molecule is O=[N+]([O-])c1c(Nc2ccc(Br)cc2)ncnc1Nc1ccc(N=Nc2ccccc2)cc1. The van der Waals surface area contributed by atoms with E-state index >= 15 is 0 Å². The van der Waals surface area contributed by atoms with E-state index in [1.54, 1.807) is 36.4 Å². The minimum atomic E-state index is -0.522. The first-order chi connectivity index (χ1) is 15.6. The number of hydrogen-bond donors (Lipinski definition) is 2. The first kappa shape index (κ1) is 21.1. The number of benzene rings is 3. The van der Waals surface area contributed by atoms with Crippen molar-refractivity contribution in [2.45, 2.75) is 0 Å². The van der Waals surface area contributed by atoms with E-state index in [9.17, 15) is 10.1 Å². The fraction of sp³-hybridized carbons (Fsp3) is 0. The highest BCUT2D eigenvalue weighted by molar-refractivity contribution is 9.10. The summed E-state index contributed by atoms with van der Waals surface area (Å²) in [5.74, 6) is 0.159. The molecule has 32 heavy (non-hydrogen) atoms. The van der Waals surface area contributed by atoms with E-state index in [4.69, 9.17) is 0 Å². The number of azo groups is 1. The molecule has 1 heterocycles. The van der Waals surface area contributed by atoms with Crippen LogP contribution in [0.4, 0.5) is 40.1 Å². The monoisotopic (exact) mass is 489 g/mol. The van der Waals surface area contributed by atoms with Crippen molar-refractivity contribution in [2.24, 2.45) is 10.2 Å². The summed E-state index contributed by atoms with van der Waals surface area (Å²) in [6, 6.07) is 23.6. The van der Waals surface area contributed by atoms with Crippen molar-refractivity contribution in [3.05, 3.63) is 99.8 Å². The molecule has 0 radical (unpaired) electrons. The average Bonchev–Trinajstić information content (AvgIpc) is 2.81. The molecule has 3 aromatic carbocycles. The van der Waals surface area contributed by atoms with Gasteiger partial charge >= 0.3 is 5.69 Å². The Bertz CT molecular complexity index is 1250. The smallest absolute Gasteiger partial charge is 0.334 e. The van der Waals surface area contributed by atoms with Gasteiger partial charge in [0.2, 0.25) is 11.6 Å². The molecule has 10 heteroatoms. The van der Waals surface area contributed by atoms with E-state index in [2.05, 4.69) is 46.8 Å². The van der Waals surface area contributed by atoms with Gasteiger partial charge in [0.15, 0.2) is 0 Å². The summed E-state index contributed by atoms with van der Waals surface area (Å²) < 4.78 is 0.898. The molecular weight excluding hydrogens is 474 g/mol. The molecule has 4 rings (SSSR count). The topological polar surface area (TPSA) is 118 Å². The number of nitro groups is 1. The Morgan fingerprint density at radius 3 is 1.78 bits per heavy atom. The largest absolute Gasteiger partial charge is 0.353 e. The molecule has 1 aromatic heterocycles. The van der Waals surface area contributed by atoms with Crippen molar-refractivity contribution in [2.75, 3.05) is 10.6 Å². The molecule has 0 fully saturated rings. The van der Waals surface area contributed by atoms with Crippen LogP contribution in [0, 0.1) is 10.1 Å². The number of nitrogens with one attached hydrogen (secondary N) is 2. The van der Waals surface area contributed by atoms with E-state index in [1.807, 2.05) is 42.5 Å². The Kier molecular flexibility index (Phi) is 6.42. The minimum Gasteiger partial charge on any atom is -0.334 e. The normalized spacial score (nSPS) is 10.8. The molecule has 2 N–H and O–H groups in total. The zero-order valence-electron chi connectivity index (χ0n) is 16.5. The van der Waals surface area contributed by atoms with Crippen LogP contribution in [0.2, 0.25) is 0 Å². The quantitative estimate of drug-likeness (QED) is 0.163. The maximum atomic E-state index is 11.8. The van der Waals surface area contributed by atoms with E-state index < -0.39 is 4.92 Å². The molecule has 0 aliphatic rings. The van der Waals surface area contributed by atoms with Gasteiger partial charge in [-0.3, -0.25) is 10.1 Å². The van der Waals surface area contributed by atoms with Crippen molar-refractivity contribution in [1.29, 1.82) is 0 Å². The number of hydrogen-bond acceptors (Lipinski definition) is 8. The van der Waals surface area contributed by atoms with Crippen molar-refractivity contribution < 1.29 is 4.92 Å². The predicted molar refractivity (Wildman–Crippen MR) is 126 cm³/mol. The summed E-state index contributed by atoms with van der Waals surface area (Å²) in [4.78, 5) is 19.3. The fourth-order valence-electron chi connectivity index (χ4n) is 2.76. The Balaban J connectivity index is 1.54. The standard InChI is InChI=1S/C22H16BrN7O2/c23-15-6-8-16(9-7-15)26-21-20(30(31)32)22(25-14-24-21)27-17-10-12-19(13-11-17)29-28-18-4-2-1-3-5-18/h1-14H,(H2,24,25,26,27). The van der Waals surface area contributed by atoms with Crippen LogP contribution < -0.4 is 10.6 Å². The lowest BCUT2D eigenvalue weighted by atomic mass is 10.2. The van der Waals surface area contributed by atoms with Gasteiger partial charge in [-0.25, -0.2) is 9.97 Å². The fourth-order valence-corrected chi connectivity index (χ4v) is 3.03. The van der Waals surface area contributed by atoms with Crippen LogP contribution in [0.15, 0.2) is 99.9 Å². The Labute approximate surface area is 191 Å². The van der Waals surface area contributed by atoms with Gasteiger partial charge in [-0.05, 0) is 60.7 Å². The number of rotatable bonds is 7. The molecule has 0 amide bonds. The van der Waals surface area contributed by atoms with Crippen LogP contribution in [0.1, 0.15) is 0 Å². The highest BCUT2D eigenvalue weighted by Gasteiger charge is 2.23. The summed E-state index contributed by atoms with van der Waals surface area (Å²) in [5, 5.41) is 26.1. The van der Waals surface area contributed by atoms with Crippen molar-refractivity contribution in [1.82, 2.24) is 9.97 Å². The lowest BCUT2D eigenvalue weighted by Crippen LogP contribution is -2.05. The van der Waals surface area contributed by atoms with E-state index in [0.29, 0.717) is 17.1 Å². The molecule has 0 atom stereocenters. The third kappa shape index (κ3) is 5.29. The van der Waals surface area contributed by atoms with Crippen molar-refractivity contribution in [3.8, 4) is 0 Å². The number of nitrogens with zero attached hydrogens (tertiary/aromatic N) is 5. The third-order valence-electron chi connectivity index (χ3n) is 4.28. The first-order valence-corrected chi connectivity index (χ1v) is 10.2. The minimum absolute atomic E-state index is 0.0725. The van der Waals surface area contributed by atoms with Gasteiger partial charge in [0.25, 0.3) is 0 Å². The zero-order valence-corrected chi connectivity index (χ0v) is 18.1. The van der Waals surface area contributed by atoms with Crippen LogP contribution in [-0.2, 0) is 0 Å². The second-order valence-corrected chi connectivity index (χ2v) is 7.43. The first-order valence-electron chi connectivity index (χ1n) is 9.44. The van der Waals surface area contributed by atoms with Gasteiger partial charge in [0.1, 0.15) is 6.33 Å². The van der Waals surface area contributed by atoms with Crippen LogP contribution >= 0.6 is 15.9 Å². The van der Waals surface area contributed by atoms with E-state index in [1.165, 1.54) is 6.33 Å². The summed E-state index contributed by atoms with van der Waals surface area (Å²) >= 11 is 3.36. The molecule has 158 valence electrons. The van der Waals surface area contributed by atoms with Crippen LogP contribution in [-0.4, -0.2) is 14.9 Å². The molecule has 0 aliphatic carbocycles. The molecule has 0 saturated heterocycles. The molecule has 9 nitrogen and oxygen atoms in total. The highest BCUT2D eigenvalue weighted by atomic mass is 79.9. The lowest BCUT2D eigenvalue weighted by Gasteiger charge is -2.10. The van der Waals surface area contributed by atoms with Crippen LogP contribution in [0.3, 0.4) is 0 Å². The molecule has 0 spiro atoms. The second kappa shape index (κ2) is 9.75. The van der Waals surface area contributed by atoms with Crippen LogP contribution in [0.25, 0.3) is 0 Å². The Morgan fingerprint density at radius 1 is 0.750 bits per heavy atom. The number of halogens is 1. The Hall–Kier alpha value is -4.18. The summed E-state index contributed by atoms with van der Waals surface area (Å²) in [5.41, 5.74) is 2.41.